The van der Waals surface area contributed by atoms with Crippen LogP contribution in [0.5, 0.6) is 11.5 Å². The van der Waals surface area contributed by atoms with E-state index in [2.05, 4.69) is 13.0 Å². The normalized spacial score (nSPS) is 11.1. The third kappa shape index (κ3) is 5.24. The van der Waals surface area contributed by atoms with E-state index in [1.807, 2.05) is 12.1 Å². The molecule has 0 fully saturated rings. The van der Waals surface area contributed by atoms with Gasteiger partial charge < -0.3 is 9.47 Å². The minimum atomic E-state index is -0.529. The third-order valence-corrected chi connectivity index (χ3v) is 5.86. The smallest absolute Gasteiger partial charge is 0.336 e. The number of nitrogens with zero attached hydrogens (tertiary/aromatic N) is 1. The fourth-order valence-corrected chi connectivity index (χ4v) is 4.33. The Morgan fingerprint density at radius 2 is 1.87 bits per heavy atom. The first kappa shape index (κ1) is 21.5. The second-order valence-corrected chi connectivity index (χ2v) is 7.85. The van der Waals surface area contributed by atoms with E-state index in [1.165, 1.54) is 41.3 Å². The number of non-ortho nitro benzene ring substituents is 1. The molecule has 0 aliphatic carbocycles. The molecule has 0 aliphatic rings. The van der Waals surface area contributed by atoms with Crippen LogP contribution in [0.2, 0.25) is 0 Å². The number of carbonyl (C=O) groups excluding carboxylic acids is 1. The van der Waals surface area contributed by atoms with Crippen LogP contribution in [0.4, 0.5) is 5.69 Å². The number of fused-ring (bicyclic) bond motifs is 1. The van der Waals surface area contributed by atoms with Crippen molar-refractivity contribution in [2.75, 3.05) is 7.11 Å². The van der Waals surface area contributed by atoms with E-state index in [4.69, 9.17) is 9.47 Å². The van der Waals surface area contributed by atoms with Gasteiger partial charge in [0, 0.05) is 27.8 Å². The number of aryl methyl sites for hydroxylation is 1. The van der Waals surface area contributed by atoms with Crippen molar-refractivity contribution >= 4 is 39.2 Å². The molecule has 0 amide bonds. The van der Waals surface area contributed by atoms with Crippen molar-refractivity contribution in [1.29, 1.82) is 0 Å². The molecule has 156 valence electrons. The molecule has 0 aliphatic heterocycles. The maximum atomic E-state index is 12.2. The highest BCUT2D eigenvalue weighted by Crippen LogP contribution is 2.35. The number of hydrogen-bond donors (Lipinski definition) is 0. The SMILES string of the molecule is CCCCCc1c(/C=C/C(=O)Oc2ccc([N+](=O)[O-])cc2)sc2cc(OC)ccc12. The Morgan fingerprint density at radius 1 is 1.13 bits per heavy atom. The van der Waals surface area contributed by atoms with Gasteiger partial charge in [-0.25, -0.2) is 4.79 Å². The first-order chi connectivity index (χ1) is 14.5. The highest BCUT2D eigenvalue weighted by Gasteiger charge is 2.12. The van der Waals surface area contributed by atoms with Crippen LogP contribution in [0.25, 0.3) is 16.2 Å². The lowest BCUT2D eigenvalue weighted by Gasteiger charge is -2.03. The average molecular weight is 426 g/mol. The van der Waals surface area contributed by atoms with Crippen LogP contribution >= 0.6 is 11.3 Å². The summed E-state index contributed by atoms with van der Waals surface area (Å²) < 4.78 is 11.7. The molecule has 2 aromatic carbocycles. The Bertz CT molecular complexity index is 1070. The lowest BCUT2D eigenvalue weighted by atomic mass is 10.0. The molecule has 0 N–H and O–H groups in total. The Labute approximate surface area is 178 Å². The molecule has 0 spiro atoms. The number of carbonyl (C=O) groups is 1. The zero-order chi connectivity index (χ0) is 21.5. The topological polar surface area (TPSA) is 78.7 Å². The zero-order valence-electron chi connectivity index (χ0n) is 16.9. The molecule has 1 aromatic heterocycles. The van der Waals surface area contributed by atoms with Gasteiger partial charge in [0.15, 0.2) is 0 Å². The van der Waals surface area contributed by atoms with E-state index in [0.717, 1.165) is 41.0 Å². The summed E-state index contributed by atoms with van der Waals surface area (Å²) >= 11 is 1.62. The number of ether oxygens (including phenoxy) is 2. The third-order valence-electron chi connectivity index (χ3n) is 4.70. The summed E-state index contributed by atoms with van der Waals surface area (Å²) in [6, 6.07) is 11.5. The predicted octanol–water partition coefficient (Wildman–Crippen LogP) is 6.17. The van der Waals surface area contributed by atoms with E-state index in [-0.39, 0.29) is 11.4 Å². The number of nitro benzene ring substituents is 1. The van der Waals surface area contributed by atoms with Gasteiger partial charge in [-0.15, -0.1) is 11.3 Å². The molecule has 0 saturated heterocycles. The van der Waals surface area contributed by atoms with Gasteiger partial charge in [-0.2, -0.15) is 0 Å². The lowest BCUT2D eigenvalue weighted by Crippen LogP contribution is -2.03. The Hall–Kier alpha value is -3.19. The molecule has 0 unspecified atom stereocenters. The number of methoxy groups -OCH3 is 1. The monoisotopic (exact) mass is 425 g/mol. The molecular weight excluding hydrogens is 402 g/mol. The summed E-state index contributed by atoms with van der Waals surface area (Å²) in [7, 11) is 1.64. The van der Waals surface area contributed by atoms with Crippen LogP contribution in [-0.2, 0) is 11.2 Å². The van der Waals surface area contributed by atoms with E-state index < -0.39 is 10.9 Å². The van der Waals surface area contributed by atoms with Gasteiger partial charge in [0.05, 0.1) is 12.0 Å². The summed E-state index contributed by atoms with van der Waals surface area (Å²) in [6.07, 6.45) is 7.50. The number of unbranched alkanes of at least 4 members (excludes halogenated alkanes) is 2. The van der Waals surface area contributed by atoms with Gasteiger partial charge in [-0.05, 0) is 60.2 Å². The van der Waals surface area contributed by atoms with Crippen LogP contribution < -0.4 is 9.47 Å². The number of benzene rings is 2. The summed E-state index contributed by atoms with van der Waals surface area (Å²) in [4.78, 5) is 23.5. The highest BCUT2D eigenvalue weighted by molar-refractivity contribution is 7.20. The molecule has 0 saturated carbocycles. The van der Waals surface area contributed by atoms with Crippen molar-refractivity contribution in [3.8, 4) is 11.5 Å². The number of nitro groups is 1. The maximum Gasteiger partial charge on any atom is 0.336 e. The first-order valence-electron chi connectivity index (χ1n) is 9.75. The summed E-state index contributed by atoms with van der Waals surface area (Å²) in [6.45, 7) is 2.17. The number of thiophene rings is 1. The molecule has 0 radical (unpaired) electrons. The van der Waals surface area contributed by atoms with Crippen molar-refractivity contribution in [2.45, 2.75) is 32.6 Å². The maximum absolute atomic E-state index is 12.2. The van der Waals surface area contributed by atoms with Crippen molar-refractivity contribution in [2.24, 2.45) is 0 Å². The van der Waals surface area contributed by atoms with Gasteiger partial charge in [-0.1, -0.05) is 19.8 Å². The largest absolute Gasteiger partial charge is 0.497 e. The van der Waals surface area contributed by atoms with Crippen LogP contribution in [0.3, 0.4) is 0 Å². The zero-order valence-corrected chi connectivity index (χ0v) is 17.7. The summed E-state index contributed by atoms with van der Waals surface area (Å²) in [5, 5.41) is 11.9. The van der Waals surface area contributed by atoms with Crippen molar-refractivity contribution in [3.63, 3.8) is 0 Å². The van der Waals surface area contributed by atoms with Crippen molar-refractivity contribution < 1.29 is 19.2 Å². The quantitative estimate of drug-likeness (QED) is 0.102. The van der Waals surface area contributed by atoms with Gasteiger partial charge in [0.2, 0.25) is 0 Å². The molecule has 3 rings (SSSR count). The number of rotatable bonds is 9. The average Bonchev–Trinajstić information content (AvgIpc) is 3.09. The van der Waals surface area contributed by atoms with Crippen LogP contribution in [0.1, 0.15) is 36.6 Å². The fraction of sp³-hybridized carbons (Fsp3) is 0.261. The molecule has 7 heteroatoms. The summed E-state index contributed by atoms with van der Waals surface area (Å²) in [5.74, 6) is 0.537. The first-order valence-corrected chi connectivity index (χ1v) is 10.6. The predicted molar refractivity (Wildman–Crippen MR) is 119 cm³/mol. The van der Waals surface area contributed by atoms with E-state index >= 15 is 0 Å². The minimum absolute atomic E-state index is 0.0530. The van der Waals surface area contributed by atoms with E-state index in [1.54, 1.807) is 24.5 Å². The van der Waals surface area contributed by atoms with Crippen LogP contribution in [-0.4, -0.2) is 18.0 Å². The van der Waals surface area contributed by atoms with E-state index in [0.29, 0.717) is 0 Å². The van der Waals surface area contributed by atoms with Crippen LogP contribution in [0, 0.1) is 10.1 Å². The molecule has 30 heavy (non-hydrogen) atoms. The molecule has 0 bridgehead atoms. The second-order valence-electron chi connectivity index (χ2n) is 6.77. The molecule has 6 nitrogen and oxygen atoms in total. The minimum Gasteiger partial charge on any atom is -0.497 e. The fourth-order valence-electron chi connectivity index (χ4n) is 3.15. The van der Waals surface area contributed by atoms with Gasteiger partial charge in [0.1, 0.15) is 11.5 Å². The van der Waals surface area contributed by atoms with Gasteiger partial charge in [-0.3, -0.25) is 10.1 Å². The highest BCUT2D eigenvalue weighted by atomic mass is 32.1. The Balaban J connectivity index is 1.79. The lowest BCUT2D eigenvalue weighted by molar-refractivity contribution is -0.384. The standard InChI is InChI=1S/C23H23NO5S/c1-3-4-5-6-19-20-12-11-18(28-2)15-22(20)30-21(19)13-14-23(25)29-17-9-7-16(8-10-17)24(26)27/h7-15H,3-6H2,1-2H3/b14-13+. The van der Waals surface area contributed by atoms with Gasteiger partial charge >= 0.3 is 5.97 Å². The van der Waals surface area contributed by atoms with Crippen LogP contribution in [0.15, 0.2) is 48.5 Å². The Morgan fingerprint density at radius 3 is 2.53 bits per heavy atom. The number of esters is 1. The molecule has 1 heterocycles. The van der Waals surface area contributed by atoms with Crippen molar-refractivity contribution in [3.05, 3.63) is 69.1 Å². The summed E-state index contributed by atoms with van der Waals surface area (Å²) in [5.41, 5.74) is 1.17. The number of hydrogen-bond acceptors (Lipinski definition) is 6. The Kier molecular flexibility index (Phi) is 7.19. The second kappa shape index (κ2) is 10.0. The van der Waals surface area contributed by atoms with Crippen molar-refractivity contribution in [1.82, 2.24) is 0 Å². The molecular formula is C23H23NO5S. The van der Waals surface area contributed by atoms with Gasteiger partial charge in [0.25, 0.3) is 5.69 Å². The molecule has 3 aromatic rings. The van der Waals surface area contributed by atoms with E-state index in [9.17, 15) is 14.9 Å². The molecule has 0 atom stereocenters.